The second-order valence-electron chi connectivity index (χ2n) is 5.07. The number of aliphatic hydroxyl groups excluding tert-OH is 1. The van der Waals surface area contributed by atoms with Crippen LogP contribution < -0.4 is 5.32 Å². The minimum Gasteiger partial charge on any atom is -0.387 e. The SMILES string of the molecule is CS(=O)(=O)c1ccc(C(=O)NC[C@@H](O)c2ccc(Cl)cc2)cc1. The van der Waals surface area contributed by atoms with Gasteiger partial charge in [0.05, 0.1) is 11.0 Å². The molecular formula is C16H16ClNO4S. The molecule has 23 heavy (non-hydrogen) atoms. The maximum atomic E-state index is 12.0. The lowest BCUT2D eigenvalue weighted by Gasteiger charge is -2.12. The molecule has 5 nitrogen and oxygen atoms in total. The molecule has 0 aromatic heterocycles. The summed E-state index contributed by atoms with van der Waals surface area (Å²) in [6, 6.07) is 12.3. The zero-order chi connectivity index (χ0) is 17.0. The molecule has 0 aliphatic rings. The van der Waals surface area contributed by atoms with Gasteiger partial charge >= 0.3 is 0 Å². The summed E-state index contributed by atoms with van der Waals surface area (Å²) in [7, 11) is -3.29. The summed E-state index contributed by atoms with van der Waals surface area (Å²) in [6.45, 7) is 0.0360. The number of sulfone groups is 1. The van der Waals surface area contributed by atoms with Crippen LogP contribution >= 0.6 is 11.6 Å². The Morgan fingerprint density at radius 1 is 1.13 bits per heavy atom. The highest BCUT2D eigenvalue weighted by atomic mass is 35.5. The molecule has 122 valence electrons. The number of carbonyl (C=O) groups is 1. The summed E-state index contributed by atoms with van der Waals surface area (Å²) < 4.78 is 22.7. The molecule has 0 fully saturated rings. The topological polar surface area (TPSA) is 83.5 Å². The van der Waals surface area contributed by atoms with Crippen LogP contribution in [0.1, 0.15) is 22.0 Å². The number of benzene rings is 2. The quantitative estimate of drug-likeness (QED) is 0.863. The summed E-state index contributed by atoms with van der Waals surface area (Å²) in [5.74, 6) is -0.391. The highest BCUT2D eigenvalue weighted by Gasteiger charge is 2.12. The van der Waals surface area contributed by atoms with Crippen LogP contribution in [0, 0.1) is 0 Å². The Kier molecular flexibility index (Phi) is 5.41. The van der Waals surface area contributed by atoms with Gasteiger partial charge in [-0.1, -0.05) is 23.7 Å². The van der Waals surface area contributed by atoms with Crippen molar-refractivity contribution in [3.63, 3.8) is 0 Å². The lowest BCUT2D eigenvalue weighted by Crippen LogP contribution is -2.28. The number of aliphatic hydroxyl groups is 1. The van der Waals surface area contributed by atoms with Crippen LogP contribution in [0.2, 0.25) is 5.02 Å². The van der Waals surface area contributed by atoms with E-state index in [2.05, 4.69) is 5.32 Å². The van der Waals surface area contributed by atoms with Gasteiger partial charge in [-0.3, -0.25) is 4.79 Å². The van der Waals surface area contributed by atoms with E-state index in [1.807, 2.05) is 0 Å². The predicted octanol–water partition coefficient (Wildman–Crippen LogP) is 2.21. The first-order valence-corrected chi connectivity index (χ1v) is 9.06. The molecule has 1 atom stereocenters. The molecule has 2 aromatic rings. The van der Waals surface area contributed by atoms with E-state index in [0.29, 0.717) is 16.1 Å². The third-order valence-electron chi connectivity index (χ3n) is 3.26. The summed E-state index contributed by atoms with van der Waals surface area (Å²) >= 11 is 5.77. The second-order valence-corrected chi connectivity index (χ2v) is 7.53. The van der Waals surface area contributed by atoms with E-state index in [1.165, 1.54) is 24.3 Å². The van der Waals surface area contributed by atoms with Gasteiger partial charge in [0, 0.05) is 23.4 Å². The van der Waals surface area contributed by atoms with Gasteiger partial charge in [-0.15, -0.1) is 0 Å². The van der Waals surface area contributed by atoms with Crippen LogP contribution in [0.4, 0.5) is 0 Å². The number of nitrogens with one attached hydrogen (secondary N) is 1. The monoisotopic (exact) mass is 353 g/mol. The highest BCUT2D eigenvalue weighted by molar-refractivity contribution is 7.90. The summed E-state index contributed by atoms with van der Waals surface area (Å²) in [6.07, 6.45) is 0.247. The van der Waals surface area contributed by atoms with E-state index in [4.69, 9.17) is 11.6 Å². The van der Waals surface area contributed by atoms with Gasteiger partial charge in [0.1, 0.15) is 0 Å². The first kappa shape index (κ1) is 17.5. The molecule has 2 aromatic carbocycles. The van der Waals surface area contributed by atoms with Crippen molar-refractivity contribution >= 4 is 27.3 Å². The lowest BCUT2D eigenvalue weighted by atomic mass is 10.1. The summed E-state index contributed by atoms with van der Waals surface area (Å²) in [5, 5.41) is 13.2. The number of hydrogen-bond acceptors (Lipinski definition) is 4. The first-order chi connectivity index (χ1) is 10.8. The molecule has 0 aliphatic carbocycles. The van der Waals surface area contributed by atoms with Crippen molar-refractivity contribution in [1.29, 1.82) is 0 Å². The molecule has 0 bridgehead atoms. The van der Waals surface area contributed by atoms with Gasteiger partial charge in [0.2, 0.25) is 0 Å². The normalized spacial score (nSPS) is 12.7. The van der Waals surface area contributed by atoms with Gasteiger partial charge in [0.15, 0.2) is 9.84 Å². The van der Waals surface area contributed by atoms with E-state index in [9.17, 15) is 18.3 Å². The zero-order valence-corrected chi connectivity index (χ0v) is 13.9. The first-order valence-electron chi connectivity index (χ1n) is 6.79. The molecule has 0 saturated heterocycles. The van der Waals surface area contributed by atoms with Gasteiger partial charge in [-0.05, 0) is 42.0 Å². The third-order valence-corrected chi connectivity index (χ3v) is 4.64. The Bertz CT molecular complexity index is 786. The van der Waals surface area contributed by atoms with Gasteiger partial charge < -0.3 is 10.4 Å². The molecule has 0 saturated carbocycles. The molecule has 0 aliphatic heterocycles. The largest absolute Gasteiger partial charge is 0.387 e. The zero-order valence-electron chi connectivity index (χ0n) is 12.4. The van der Waals surface area contributed by atoms with E-state index >= 15 is 0 Å². The minimum absolute atomic E-state index is 0.0360. The Hall–Kier alpha value is -1.89. The van der Waals surface area contributed by atoms with Crippen molar-refractivity contribution < 1.29 is 18.3 Å². The maximum Gasteiger partial charge on any atom is 0.251 e. The van der Waals surface area contributed by atoms with Gasteiger partial charge in [0.25, 0.3) is 5.91 Å². The average Bonchev–Trinajstić information content (AvgIpc) is 2.52. The van der Waals surface area contributed by atoms with Crippen molar-refractivity contribution in [3.05, 3.63) is 64.7 Å². The van der Waals surface area contributed by atoms with E-state index in [0.717, 1.165) is 6.26 Å². The number of halogens is 1. The Labute approximate surface area is 139 Å². The van der Waals surface area contributed by atoms with Crippen LogP contribution in [-0.2, 0) is 9.84 Å². The number of hydrogen-bond donors (Lipinski definition) is 2. The standard InChI is InChI=1S/C16H16ClNO4S/c1-23(21,22)14-8-4-12(5-9-14)16(20)18-10-15(19)11-2-6-13(17)7-3-11/h2-9,15,19H,10H2,1H3,(H,18,20)/t15-/m1/s1. The fraction of sp³-hybridized carbons (Fsp3) is 0.188. The predicted molar refractivity (Wildman–Crippen MR) is 88.3 cm³/mol. The molecule has 2 N–H and O–H groups in total. The number of carbonyl (C=O) groups excluding carboxylic acids is 1. The van der Waals surface area contributed by atoms with Crippen molar-refractivity contribution in [2.45, 2.75) is 11.0 Å². The molecule has 0 radical (unpaired) electrons. The van der Waals surface area contributed by atoms with Crippen LogP contribution in [0.25, 0.3) is 0 Å². The third kappa shape index (κ3) is 4.79. The summed E-state index contributed by atoms with van der Waals surface area (Å²) in [5.41, 5.74) is 0.961. The van der Waals surface area contributed by atoms with Crippen LogP contribution in [-0.4, -0.2) is 32.2 Å². The Morgan fingerprint density at radius 2 is 1.70 bits per heavy atom. The van der Waals surface area contributed by atoms with Gasteiger partial charge in [-0.25, -0.2) is 8.42 Å². The van der Waals surface area contributed by atoms with Crippen LogP contribution in [0.3, 0.4) is 0 Å². The van der Waals surface area contributed by atoms with Crippen molar-refractivity contribution in [2.24, 2.45) is 0 Å². The van der Waals surface area contributed by atoms with E-state index in [1.54, 1.807) is 24.3 Å². The fourth-order valence-corrected chi connectivity index (χ4v) is 2.70. The highest BCUT2D eigenvalue weighted by Crippen LogP contribution is 2.16. The Balaban J connectivity index is 1.98. The molecule has 7 heteroatoms. The number of rotatable bonds is 5. The minimum atomic E-state index is -3.29. The summed E-state index contributed by atoms with van der Waals surface area (Å²) in [4.78, 5) is 12.2. The molecule has 1 amide bonds. The molecule has 0 heterocycles. The molecule has 0 spiro atoms. The molecule has 2 rings (SSSR count). The Morgan fingerprint density at radius 3 is 2.22 bits per heavy atom. The van der Waals surface area contributed by atoms with Gasteiger partial charge in [-0.2, -0.15) is 0 Å². The van der Waals surface area contributed by atoms with E-state index in [-0.39, 0.29) is 11.4 Å². The smallest absolute Gasteiger partial charge is 0.251 e. The fourth-order valence-electron chi connectivity index (χ4n) is 1.95. The van der Waals surface area contributed by atoms with Crippen LogP contribution in [0.5, 0.6) is 0 Å². The average molecular weight is 354 g/mol. The maximum absolute atomic E-state index is 12.0. The lowest BCUT2D eigenvalue weighted by molar-refractivity contribution is 0.0916. The van der Waals surface area contributed by atoms with Crippen molar-refractivity contribution in [2.75, 3.05) is 12.8 Å². The van der Waals surface area contributed by atoms with Crippen molar-refractivity contribution in [3.8, 4) is 0 Å². The number of amides is 1. The van der Waals surface area contributed by atoms with Crippen molar-refractivity contribution in [1.82, 2.24) is 5.32 Å². The second kappa shape index (κ2) is 7.12. The molecular weight excluding hydrogens is 338 g/mol. The van der Waals surface area contributed by atoms with Crippen LogP contribution in [0.15, 0.2) is 53.4 Å². The van der Waals surface area contributed by atoms with E-state index < -0.39 is 21.8 Å². The molecule has 0 unspecified atom stereocenters.